The Morgan fingerprint density at radius 3 is 1.97 bits per heavy atom. The average molecular weight is 455 g/mol. The molecule has 0 unspecified atom stereocenters. The van der Waals surface area contributed by atoms with Gasteiger partial charge in [-0.05, 0) is 93.6 Å². The van der Waals surface area contributed by atoms with Crippen molar-refractivity contribution in [1.29, 1.82) is 0 Å². The molecule has 8 heteroatoms. The van der Waals surface area contributed by atoms with Crippen LogP contribution in [0.3, 0.4) is 0 Å². The van der Waals surface area contributed by atoms with Crippen molar-refractivity contribution in [3.8, 4) is 11.5 Å². The molecule has 0 aliphatic rings. The number of rotatable bonds is 9. The van der Waals surface area contributed by atoms with Crippen LogP contribution in [0.2, 0.25) is 0 Å². The number of nitrogens with one attached hydrogen (secondary N) is 2. The Morgan fingerprint density at radius 2 is 1.41 bits per heavy atom. The van der Waals surface area contributed by atoms with Crippen molar-refractivity contribution < 1.29 is 22.7 Å². The van der Waals surface area contributed by atoms with E-state index < -0.39 is 10.0 Å². The summed E-state index contributed by atoms with van der Waals surface area (Å²) in [7, 11) is -3.76. The van der Waals surface area contributed by atoms with Crippen LogP contribution in [0, 0.1) is 0 Å². The number of sulfonamides is 1. The molecule has 1 amide bonds. The van der Waals surface area contributed by atoms with Crippen molar-refractivity contribution in [2.45, 2.75) is 31.8 Å². The van der Waals surface area contributed by atoms with Gasteiger partial charge in [0.25, 0.3) is 15.9 Å². The second-order valence-corrected chi connectivity index (χ2v) is 8.91. The molecule has 0 saturated carbocycles. The molecule has 0 atom stereocenters. The van der Waals surface area contributed by atoms with Gasteiger partial charge in [-0.25, -0.2) is 8.42 Å². The van der Waals surface area contributed by atoms with Gasteiger partial charge in [0, 0.05) is 16.9 Å². The van der Waals surface area contributed by atoms with Crippen LogP contribution in [0.15, 0.2) is 77.7 Å². The highest BCUT2D eigenvalue weighted by atomic mass is 32.2. The number of anilines is 2. The smallest absolute Gasteiger partial charge is 0.261 e. The standard InChI is InChI=1S/C24H26N2O5S/c1-4-30-21-13-15-23(16-14-21)32(28,29)26-20-7-5-18(6-8-20)24(27)25-19-9-11-22(12-10-19)31-17(2)3/h5-17,26H,4H2,1-3H3,(H,25,27). The number of hydrogen-bond acceptors (Lipinski definition) is 5. The molecule has 0 saturated heterocycles. The molecule has 7 nitrogen and oxygen atoms in total. The third-order valence-electron chi connectivity index (χ3n) is 4.33. The van der Waals surface area contributed by atoms with Gasteiger partial charge >= 0.3 is 0 Å². The van der Waals surface area contributed by atoms with E-state index in [2.05, 4.69) is 10.0 Å². The van der Waals surface area contributed by atoms with E-state index in [9.17, 15) is 13.2 Å². The number of carbonyl (C=O) groups is 1. The van der Waals surface area contributed by atoms with Crippen molar-refractivity contribution in [3.63, 3.8) is 0 Å². The number of hydrogen-bond donors (Lipinski definition) is 2. The van der Waals surface area contributed by atoms with Gasteiger partial charge in [0.05, 0.1) is 17.6 Å². The molecule has 0 aliphatic heterocycles. The number of amides is 1. The van der Waals surface area contributed by atoms with E-state index in [0.29, 0.717) is 29.3 Å². The maximum absolute atomic E-state index is 12.6. The van der Waals surface area contributed by atoms with E-state index in [1.54, 1.807) is 60.7 Å². The fourth-order valence-corrected chi connectivity index (χ4v) is 3.94. The van der Waals surface area contributed by atoms with Crippen LogP contribution in [-0.4, -0.2) is 27.0 Å². The molecular weight excluding hydrogens is 428 g/mol. The first-order valence-electron chi connectivity index (χ1n) is 10.2. The SMILES string of the molecule is CCOc1ccc(S(=O)(=O)Nc2ccc(C(=O)Nc3ccc(OC(C)C)cc3)cc2)cc1. The Bertz CT molecular complexity index is 1140. The van der Waals surface area contributed by atoms with Crippen molar-refractivity contribution >= 4 is 27.3 Å². The Kier molecular flexibility index (Phi) is 7.37. The van der Waals surface area contributed by atoms with Crippen molar-refractivity contribution in [2.24, 2.45) is 0 Å². The molecule has 0 aromatic heterocycles. The summed E-state index contributed by atoms with van der Waals surface area (Å²) in [5, 5.41) is 2.80. The molecule has 3 aromatic carbocycles. The lowest BCUT2D eigenvalue weighted by molar-refractivity contribution is 0.102. The molecule has 0 aliphatic carbocycles. The fraction of sp³-hybridized carbons (Fsp3) is 0.208. The normalized spacial score (nSPS) is 11.1. The zero-order valence-corrected chi connectivity index (χ0v) is 19.0. The van der Waals surface area contributed by atoms with Crippen LogP contribution >= 0.6 is 0 Å². The molecular formula is C24H26N2O5S. The van der Waals surface area contributed by atoms with Gasteiger partial charge in [-0.15, -0.1) is 0 Å². The Labute approximate surface area is 188 Å². The van der Waals surface area contributed by atoms with Gasteiger partial charge in [0.1, 0.15) is 11.5 Å². The summed E-state index contributed by atoms with van der Waals surface area (Å²) in [5.41, 5.74) is 1.38. The second kappa shape index (κ2) is 10.2. The predicted molar refractivity (Wildman–Crippen MR) is 125 cm³/mol. The molecule has 0 radical (unpaired) electrons. The third-order valence-corrected chi connectivity index (χ3v) is 5.73. The molecule has 0 bridgehead atoms. The minimum atomic E-state index is -3.76. The average Bonchev–Trinajstić information content (AvgIpc) is 2.75. The Balaban J connectivity index is 1.63. The molecule has 32 heavy (non-hydrogen) atoms. The van der Waals surface area contributed by atoms with Crippen LogP contribution in [0.25, 0.3) is 0 Å². The summed E-state index contributed by atoms with van der Waals surface area (Å²) in [6.07, 6.45) is 0.0702. The van der Waals surface area contributed by atoms with Gasteiger partial charge in [-0.2, -0.15) is 0 Å². The monoisotopic (exact) mass is 454 g/mol. The highest BCUT2D eigenvalue weighted by molar-refractivity contribution is 7.92. The van der Waals surface area contributed by atoms with Crippen LogP contribution in [-0.2, 0) is 10.0 Å². The van der Waals surface area contributed by atoms with Crippen LogP contribution in [0.4, 0.5) is 11.4 Å². The zero-order valence-electron chi connectivity index (χ0n) is 18.2. The van der Waals surface area contributed by atoms with E-state index in [1.807, 2.05) is 20.8 Å². The first kappa shape index (κ1) is 23.1. The third kappa shape index (κ3) is 6.24. The Morgan fingerprint density at radius 1 is 0.844 bits per heavy atom. The van der Waals surface area contributed by atoms with E-state index >= 15 is 0 Å². The molecule has 3 aromatic rings. The fourth-order valence-electron chi connectivity index (χ4n) is 2.88. The highest BCUT2D eigenvalue weighted by Gasteiger charge is 2.15. The van der Waals surface area contributed by atoms with Crippen molar-refractivity contribution in [1.82, 2.24) is 0 Å². The minimum Gasteiger partial charge on any atom is -0.494 e. The lowest BCUT2D eigenvalue weighted by atomic mass is 10.2. The number of ether oxygens (including phenoxy) is 2. The molecule has 0 fully saturated rings. The maximum Gasteiger partial charge on any atom is 0.261 e. The van der Waals surface area contributed by atoms with Gasteiger partial charge < -0.3 is 14.8 Å². The largest absolute Gasteiger partial charge is 0.494 e. The second-order valence-electron chi connectivity index (χ2n) is 7.23. The van der Waals surface area contributed by atoms with E-state index in [0.717, 1.165) is 5.75 Å². The van der Waals surface area contributed by atoms with Gasteiger partial charge in [0.2, 0.25) is 0 Å². The lowest BCUT2D eigenvalue weighted by Crippen LogP contribution is -2.14. The predicted octanol–water partition coefficient (Wildman–Crippen LogP) is 4.93. The first-order chi connectivity index (χ1) is 15.3. The maximum atomic E-state index is 12.6. The van der Waals surface area contributed by atoms with E-state index in [1.165, 1.54) is 12.1 Å². The number of carbonyl (C=O) groups excluding carboxylic acids is 1. The number of benzene rings is 3. The summed E-state index contributed by atoms with van der Waals surface area (Å²) >= 11 is 0. The molecule has 0 spiro atoms. The molecule has 168 valence electrons. The summed E-state index contributed by atoms with van der Waals surface area (Å²) in [6, 6.07) is 19.5. The molecule has 2 N–H and O–H groups in total. The quantitative estimate of drug-likeness (QED) is 0.478. The topological polar surface area (TPSA) is 93.7 Å². The van der Waals surface area contributed by atoms with Gasteiger partial charge in [-0.3, -0.25) is 9.52 Å². The summed E-state index contributed by atoms with van der Waals surface area (Å²) < 4.78 is 38.6. The van der Waals surface area contributed by atoms with Crippen LogP contribution in [0.1, 0.15) is 31.1 Å². The highest BCUT2D eigenvalue weighted by Crippen LogP contribution is 2.21. The van der Waals surface area contributed by atoms with E-state index in [-0.39, 0.29) is 16.9 Å². The lowest BCUT2D eigenvalue weighted by Gasteiger charge is -2.11. The molecule has 3 rings (SSSR count). The first-order valence-corrected chi connectivity index (χ1v) is 11.7. The van der Waals surface area contributed by atoms with Crippen molar-refractivity contribution in [2.75, 3.05) is 16.6 Å². The summed E-state index contributed by atoms with van der Waals surface area (Å²) in [4.78, 5) is 12.6. The minimum absolute atomic E-state index is 0.0702. The Hall–Kier alpha value is -3.52. The zero-order chi connectivity index (χ0) is 23.1. The summed E-state index contributed by atoms with van der Waals surface area (Å²) in [6.45, 7) is 6.24. The van der Waals surface area contributed by atoms with E-state index in [4.69, 9.17) is 9.47 Å². The van der Waals surface area contributed by atoms with Crippen molar-refractivity contribution in [3.05, 3.63) is 78.4 Å². The van der Waals surface area contributed by atoms with Gasteiger partial charge in [0.15, 0.2) is 0 Å². The molecule has 0 heterocycles. The van der Waals surface area contributed by atoms with Crippen LogP contribution in [0.5, 0.6) is 11.5 Å². The summed E-state index contributed by atoms with van der Waals surface area (Å²) in [5.74, 6) is 1.02. The van der Waals surface area contributed by atoms with Crippen LogP contribution < -0.4 is 19.5 Å². The van der Waals surface area contributed by atoms with Gasteiger partial charge in [-0.1, -0.05) is 0 Å².